The number of hydrogen-bond donors (Lipinski definition) is 1. The minimum Gasteiger partial charge on any atom is -0.419 e. The highest BCUT2D eigenvalue weighted by atomic mass is 35.5. The molecule has 1 atom stereocenters. The Morgan fingerprint density at radius 2 is 2.11 bits per heavy atom. The number of rotatable bonds is 4. The molecule has 0 amide bonds. The molecule has 0 spiro atoms. The van der Waals surface area contributed by atoms with E-state index in [1.165, 1.54) is 0 Å². The number of aromatic nitrogens is 1. The number of nitrogens with one attached hydrogen (secondary N) is 1. The second kappa shape index (κ2) is 5.77. The van der Waals surface area contributed by atoms with Crippen molar-refractivity contribution in [1.82, 2.24) is 4.98 Å². The van der Waals surface area contributed by atoms with E-state index in [0.717, 1.165) is 12.0 Å². The lowest BCUT2D eigenvalue weighted by Gasteiger charge is -2.09. The van der Waals surface area contributed by atoms with Gasteiger partial charge in [-0.3, -0.25) is 0 Å². The van der Waals surface area contributed by atoms with Crippen LogP contribution in [0.4, 0.5) is 5.88 Å². The van der Waals surface area contributed by atoms with Crippen molar-refractivity contribution >= 4 is 17.5 Å². The predicted octanol–water partition coefficient (Wildman–Crippen LogP) is 4.08. The van der Waals surface area contributed by atoms with Gasteiger partial charge in [-0.15, -0.1) is 0 Å². The van der Waals surface area contributed by atoms with Gasteiger partial charge in [0.1, 0.15) is 6.07 Å². The average Bonchev–Trinajstić information content (AvgIpc) is 2.82. The molecule has 0 aliphatic rings. The van der Waals surface area contributed by atoms with Crippen LogP contribution in [0.1, 0.15) is 26.0 Å². The number of oxazole rings is 1. The van der Waals surface area contributed by atoms with E-state index in [1.807, 2.05) is 25.1 Å². The molecule has 1 heterocycles. The molecule has 98 valence electrons. The van der Waals surface area contributed by atoms with Crippen molar-refractivity contribution in [2.24, 2.45) is 0 Å². The van der Waals surface area contributed by atoms with E-state index in [4.69, 9.17) is 21.3 Å². The number of nitriles is 1. The van der Waals surface area contributed by atoms with Gasteiger partial charge in [-0.2, -0.15) is 10.2 Å². The van der Waals surface area contributed by atoms with Gasteiger partial charge in [0.05, 0.1) is 0 Å². The second-order valence-electron chi connectivity index (χ2n) is 4.27. The zero-order chi connectivity index (χ0) is 13.8. The normalized spacial score (nSPS) is 11.9. The number of halogens is 1. The van der Waals surface area contributed by atoms with E-state index in [-0.39, 0.29) is 11.7 Å². The molecule has 4 nitrogen and oxygen atoms in total. The smallest absolute Gasteiger partial charge is 0.232 e. The Labute approximate surface area is 117 Å². The zero-order valence-electron chi connectivity index (χ0n) is 10.8. The second-order valence-corrected chi connectivity index (χ2v) is 4.71. The van der Waals surface area contributed by atoms with Crippen molar-refractivity contribution in [1.29, 1.82) is 5.26 Å². The molecule has 5 heteroatoms. The first-order valence-corrected chi connectivity index (χ1v) is 6.45. The average molecular weight is 276 g/mol. The lowest BCUT2D eigenvalue weighted by Crippen LogP contribution is -2.13. The van der Waals surface area contributed by atoms with Gasteiger partial charge in [-0.1, -0.05) is 18.5 Å². The first kappa shape index (κ1) is 13.4. The fraction of sp³-hybridized carbons (Fsp3) is 0.286. The summed E-state index contributed by atoms with van der Waals surface area (Å²) in [4.78, 5) is 4.18. The first-order valence-electron chi connectivity index (χ1n) is 6.07. The van der Waals surface area contributed by atoms with E-state index in [0.29, 0.717) is 16.8 Å². The lowest BCUT2D eigenvalue weighted by atomic mass is 10.2. The van der Waals surface area contributed by atoms with Crippen LogP contribution in [0.15, 0.2) is 28.7 Å². The van der Waals surface area contributed by atoms with E-state index < -0.39 is 0 Å². The molecule has 0 radical (unpaired) electrons. The summed E-state index contributed by atoms with van der Waals surface area (Å²) in [5, 5.41) is 12.9. The minimum atomic E-state index is 0.220. The van der Waals surface area contributed by atoms with Crippen molar-refractivity contribution in [2.45, 2.75) is 26.3 Å². The van der Waals surface area contributed by atoms with Gasteiger partial charge >= 0.3 is 0 Å². The standard InChI is InChI=1S/C14H14ClN3O/c1-3-9(2)17-14-12(8-16)18-13(19-14)10-4-6-11(15)7-5-10/h4-7,9,17H,3H2,1-2H3. The molecule has 19 heavy (non-hydrogen) atoms. The van der Waals surface area contributed by atoms with Gasteiger partial charge in [0.15, 0.2) is 0 Å². The molecule has 2 aromatic rings. The molecular weight excluding hydrogens is 262 g/mol. The van der Waals surface area contributed by atoms with Crippen LogP contribution >= 0.6 is 11.6 Å². The van der Waals surface area contributed by atoms with Crippen molar-refractivity contribution in [3.8, 4) is 17.5 Å². The van der Waals surface area contributed by atoms with Gasteiger partial charge in [0, 0.05) is 16.6 Å². The largest absolute Gasteiger partial charge is 0.419 e. The summed E-state index contributed by atoms with van der Waals surface area (Å²) in [5.74, 6) is 0.834. The Hall–Kier alpha value is -1.99. The summed E-state index contributed by atoms with van der Waals surface area (Å²) in [6.45, 7) is 4.08. The van der Waals surface area contributed by atoms with Gasteiger partial charge < -0.3 is 9.73 Å². The van der Waals surface area contributed by atoms with Crippen LogP contribution in [0, 0.1) is 11.3 Å². The molecule has 0 saturated heterocycles. The fourth-order valence-electron chi connectivity index (χ4n) is 1.54. The number of hydrogen-bond acceptors (Lipinski definition) is 4. The van der Waals surface area contributed by atoms with Crippen LogP contribution in [-0.4, -0.2) is 11.0 Å². The van der Waals surface area contributed by atoms with Crippen LogP contribution in [-0.2, 0) is 0 Å². The highest BCUT2D eigenvalue weighted by molar-refractivity contribution is 6.30. The van der Waals surface area contributed by atoms with Crippen molar-refractivity contribution in [3.63, 3.8) is 0 Å². The van der Waals surface area contributed by atoms with Crippen LogP contribution in [0.5, 0.6) is 0 Å². The maximum atomic E-state index is 9.07. The Morgan fingerprint density at radius 1 is 1.42 bits per heavy atom. The first-order chi connectivity index (χ1) is 9.13. The molecule has 0 aliphatic carbocycles. The van der Waals surface area contributed by atoms with E-state index in [9.17, 15) is 0 Å². The van der Waals surface area contributed by atoms with Crippen LogP contribution < -0.4 is 5.32 Å². The van der Waals surface area contributed by atoms with Crippen LogP contribution in [0.2, 0.25) is 5.02 Å². The van der Waals surface area contributed by atoms with Crippen molar-refractivity contribution in [2.75, 3.05) is 5.32 Å². The molecule has 1 aromatic carbocycles. The number of benzene rings is 1. The Kier molecular flexibility index (Phi) is 4.08. The molecule has 1 aromatic heterocycles. The third-order valence-electron chi connectivity index (χ3n) is 2.81. The molecular formula is C14H14ClN3O. The Morgan fingerprint density at radius 3 is 2.68 bits per heavy atom. The van der Waals surface area contributed by atoms with Crippen molar-refractivity contribution < 1.29 is 4.42 Å². The molecule has 2 rings (SSSR count). The monoisotopic (exact) mass is 275 g/mol. The highest BCUT2D eigenvalue weighted by Gasteiger charge is 2.15. The Balaban J connectivity index is 2.33. The number of anilines is 1. The van der Waals surface area contributed by atoms with E-state index in [2.05, 4.69) is 17.2 Å². The van der Waals surface area contributed by atoms with Crippen LogP contribution in [0.3, 0.4) is 0 Å². The van der Waals surface area contributed by atoms with E-state index in [1.54, 1.807) is 12.1 Å². The minimum absolute atomic E-state index is 0.220. The molecule has 0 aliphatic heterocycles. The quantitative estimate of drug-likeness (QED) is 0.913. The van der Waals surface area contributed by atoms with Gasteiger partial charge in [-0.05, 0) is 37.6 Å². The van der Waals surface area contributed by atoms with Gasteiger partial charge in [-0.25, -0.2) is 0 Å². The third kappa shape index (κ3) is 3.07. The molecule has 0 bridgehead atoms. The predicted molar refractivity (Wildman–Crippen MR) is 75.0 cm³/mol. The summed E-state index contributed by atoms with van der Waals surface area (Å²) in [5.41, 5.74) is 1.06. The highest BCUT2D eigenvalue weighted by Crippen LogP contribution is 2.26. The Bertz CT molecular complexity index is 598. The third-order valence-corrected chi connectivity index (χ3v) is 3.07. The summed E-state index contributed by atoms with van der Waals surface area (Å²) in [6, 6.07) is 9.39. The topological polar surface area (TPSA) is 61.9 Å². The SMILES string of the molecule is CCC(C)Nc1oc(-c2ccc(Cl)cc2)nc1C#N. The summed E-state index contributed by atoms with van der Waals surface area (Å²) >= 11 is 5.83. The molecule has 1 unspecified atom stereocenters. The molecule has 1 N–H and O–H groups in total. The zero-order valence-corrected chi connectivity index (χ0v) is 11.5. The summed E-state index contributed by atoms with van der Waals surface area (Å²) in [6.07, 6.45) is 0.932. The summed E-state index contributed by atoms with van der Waals surface area (Å²) < 4.78 is 5.62. The fourth-order valence-corrected chi connectivity index (χ4v) is 1.66. The van der Waals surface area contributed by atoms with Gasteiger partial charge in [0.25, 0.3) is 0 Å². The van der Waals surface area contributed by atoms with E-state index >= 15 is 0 Å². The molecule has 0 fully saturated rings. The lowest BCUT2D eigenvalue weighted by molar-refractivity contribution is 0.573. The van der Waals surface area contributed by atoms with Crippen molar-refractivity contribution in [3.05, 3.63) is 35.0 Å². The maximum absolute atomic E-state index is 9.07. The number of nitrogens with zero attached hydrogens (tertiary/aromatic N) is 2. The van der Waals surface area contributed by atoms with Gasteiger partial charge in [0.2, 0.25) is 17.5 Å². The molecule has 0 saturated carbocycles. The van der Waals surface area contributed by atoms with Crippen LogP contribution in [0.25, 0.3) is 11.5 Å². The summed E-state index contributed by atoms with van der Waals surface area (Å²) in [7, 11) is 0. The maximum Gasteiger partial charge on any atom is 0.232 e.